The van der Waals surface area contributed by atoms with Crippen LogP contribution in [0.2, 0.25) is 5.15 Å². The molecular weight excluding hydrogens is 1050 g/mol. The molecule has 3 aliphatic rings. The van der Waals surface area contributed by atoms with Crippen molar-refractivity contribution in [3.8, 4) is 28.9 Å². The van der Waals surface area contributed by atoms with Gasteiger partial charge in [-0.05, 0) is 103 Å². The number of ether oxygens (including phenoxy) is 4. The minimum absolute atomic E-state index is 0.0527. The molecule has 5 heterocycles. The van der Waals surface area contributed by atoms with Gasteiger partial charge in [0.1, 0.15) is 16.8 Å². The van der Waals surface area contributed by atoms with E-state index in [0.717, 1.165) is 39.3 Å². The molecule has 20 heteroatoms. The number of hydrogen-bond donors (Lipinski definition) is 0. The molecule has 1 aliphatic heterocycles. The van der Waals surface area contributed by atoms with Crippen LogP contribution in [0.4, 0.5) is 17.6 Å². The van der Waals surface area contributed by atoms with Crippen molar-refractivity contribution in [2.45, 2.75) is 57.8 Å². The molecule has 11 rings (SSSR count). The first-order valence-electron chi connectivity index (χ1n) is 25.6. The summed E-state index contributed by atoms with van der Waals surface area (Å²) in [6.07, 6.45) is 8.44. The largest absolute Gasteiger partial charge is 0.477 e. The molecule has 4 aromatic carbocycles. The number of benzene rings is 4. The van der Waals surface area contributed by atoms with Gasteiger partial charge < -0.3 is 18.9 Å². The monoisotopic (exact) mass is 1100 g/mol. The van der Waals surface area contributed by atoms with E-state index in [1.807, 2.05) is 0 Å². The van der Waals surface area contributed by atoms with Crippen molar-refractivity contribution in [1.82, 2.24) is 34.8 Å². The van der Waals surface area contributed by atoms with Gasteiger partial charge in [-0.2, -0.15) is 0 Å². The molecule has 2 saturated carbocycles. The molecule has 0 atom stereocenters. The molecule has 404 valence electrons. The van der Waals surface area contributed by atoms with Crippen molar-refractivity contribution in [3.63, 3.8) is 0 Å². The molecule has 0 spiro atoms. The van der Waals surface area contributed by atoms with Crippen LogP contribution < -0.4 is 14.2 Å². The lowest BCUT2D eigenvalue weighted by atomic mass is 9.88. The number of pyridine rings is 2. The van der Waals surface area contributed by atoms with E-state index in [9.17, 15) is 32.3 Å². The summed E-state index contributed by atoms with van der Waals surface area (Å²) in [6.45, 7) is 4.67. The van der Waals surface area contributed by atoms with E-state index < -0.39 is 22.5 Å². The van der Waals surface area contributed by atoms with Crippen molar-refractivity contribution >= 4 is 57.1 Å². The topological polar surface area (TPSA) is 186 Å². The minimum Gasteiger partial charge on any atom is -0.477 e. The molecule has 79 heavy (non-hydrogen) atoms. The molecule has 4 aromatic heterocycles. The summed E-state index contributed by atoms with van der Waals surface area (Å²) >= 11 is 5.91. The zero-order valence-electron chi connectivity index (χ0n) is 42.4. The van der Waals surface area contributed by atoms with E-state index in [1.165, 1.54) is 91.5 Å². The Hall–Kier alpha value is -8.13. The second-order valence-corrected chi connectivity index (χ2v) is 20.0. The molecular formula is C59H50ClF4N7O8. The van der Waals surface area contributed by atoms with Crippen molar-refractivity contribution in [2.24, 2.45) is 10.8 Å². The standard InChI is InChI=1S/C33H32F2N4O5.C26H18ClF2N3O3/c34-24-5-2-22(3-6-24)19-28(40)33(9-10-33)29(41)20-23-4-7-26(25(35)18-23)44-27-8-11-36-32-31(27)38-30(21-37-32)43-15-1-12-39-13-16-42-17-14-39;27-23-14-31-25-24(32-23)20(7-10-30-25)35-19-6-3-16(11-18(19)29)13-22(34)26(8-9-26)21(33)12-15-1-4-17(28)5-2-15/h2-8,11,18,21H,1,9-10,12-17,19-20H2;1-7,10-11,14H,8-9,12-13H2. The van der Waals surface area contributed by atoms with Crippen LogP contribution in [-0.2, 0) is 49.6 Å². The van der Waals surface area contributed by atoms with Gasteiger partial charge in [0.2, 0.25) is 5.88 Å². The molecule has 0 amide bonds. The van der Waals surface area contributed by atoms with Gasteiger partial charge in [-0.15, -0.1) is 0 Å². The van der Waals surface area contributed by atoms with Crippen molar-refractivity contribution in [2.75, 3.05) is 39.5 Å². The van der Waals surface area contributed by atoms with Gasteiger partial charge in [0.25, 0.3) is 0 Å². The van der Waals surface area contributed by atoms with Gasteiger partial charge in [-0.3, -0.25) is 24.1 Å². The third kappa shape index (κ3) is 13.1. The number of carbonyl (C=O) groups is 4. The highest BCUT2D eigenvalue weighted by Crippen LogP contribution is 2.50. The lowest BCUT2D eigenvalue weighted by Crippen LogP contribution is -2.37. The van der Waals surface area contributed by atoms with Crippen LogP contribution in [0.3, 0.4) is 0 Å². The average molecular weight is 1100 g/mol. The van der Waals surface area contributed by atoms with E-state index in [0.29, 0.717) is 77.2 Å². The number of carbonyl (C=O) groups excluding carboxylic acids is 4. The highest BCUT2D eigenvalue weighted by molar-refractivity contribution is 6.29. The molecule has 0 N–H and O–H groups in total. The Bertz CT molecular complexity index is 3580. The maximum atomic E-state index is 15.2. The summed E-state index contributed by atoms with van der Waals surface area (Å²) < 4.78 is 79.1. The number of ketones is 4. The first kappa shape index (κ1) is 54.2. The van der Waals surface area contributed by atoms with E-state index in [2.05, 4.69) is 34.8 Å². The Kier molecular flexibility index (Phi) is 16.4. The summed E-state index contributed by atoms with van der Waals surface area (Å²) in [7, 11) is 0. The highest BCUT2D eigenvalue weighted by atomic mass is 35.5. The smallest absolute Gasteiger partial charge is 0.233 e. The van der Waals surface area contributed by atoms with Crippen molar-refractivity contribution in [1.29, 1.82) is 0 Å². The average Bonchev–Trinajstić information content (AvgIpc) is 4.50. The van der Waals surface area contributed by atoms with Crippen molar-refractivity contribution in [3.05, 3.63) is 173 Å². The SMILES string of the molecule is O=C(Cc1ccc(F)cc1)C1(C(=O)Cc2ccc(Oc3ccnc4ncc(Cl)nc34)c(F)c2)CC1.O=C(Cc1ccc(F)cc1)C1(C(=O)Cc2ccc(Oc3ccnc4ncc(OCCCN5CCOCC5)nc34)c(F)c2)CC1. The van der Waals surface area contributed by atoms with Crippen LogP contribution in [0, 0.1) is 34.1 Å². The van der Waals surface area contributed by atoms with E-state index in [1.54, 1.807) is 30.3 Å². The highest BCUT2D eigenvalue weighted by Gasteiger charge is 2.55. The fraction of sp³-hybridized carbons (Fsp3) is 0.288. The molecule has 8 aromatic rings. The second kappa shape index (κ2) is 23.9. The second-order valence-electron chi connectivity index (χ2n) is 19.6. The molecule has 15 nitrogen and oxygen atoms in total. The van der Waals surface area contributed by atoms with Gasteiger partial charge in [-0.25, -0.2) is 47.5 Å². The maximum absolute atomic E-state index is 15.2. The van der Waals surface area contributed by atoms with Crippen LogP contribution >= 0.6 is 11.6 Å². The van der Waals surface area contributed by atoms with E-state index >= 15 is 4.39 Å². The number of fused-ring (bicyclic) bond motifs is 2. The van der Waals surface area contributed by atoms with E-state index in [-0.39, 0.29) is 94.1 Å². The molecule has 0 bridgehead atoms. The predicted octanol–water partition coefficient (Wildman–Crippen LogP) is 10.4. The lowest BCUT2D eigenvalue weighted by Gasteiger charge is -2.26. The Labute approximate surface area is 455 Å². The van der Waals surface area contributed by atoms with Crippen LogP contribution in [-0.4, -0.2) is 97.4 Å². The maximum Gasteiger partial charge on any atom is 0.233 e. The van der Waals surface area contributed by atoms with Gasteiger partial charge in [0, 0.05) is 69.8 Å². The first-order valence-corrected chi connectivity index (χ1v) is 26.0. The minimum atomic E-state index is -1.06. The Balaban J connectivity index is 0.000000183. The van der Waals surface area contributed by atoms with Crippen LogP contribution in [0.1, 0.15) is 54.4 Å². The molecule has 1 saturated heterocycles. The van der Waals surface area contributed by atoms with Gasteiger partial charge in [-0.1, -0.05) is 48.0 Å². The van der Waals surface area contributed by atoms with E-state index in [4.69, 9.17) is 30.5 Å². The summed E-state index contributed by atoms with van der Waals surface area (Å²) in [5, 5.41) is 0.146. The third-order valence-electron chi connectivity index (χ3n) is 14.1. The fourth-order valence-corrected chi connectivity index (χ4v) is 9.42. The van der Waals surface area contributed by atoms with Crippen LogP contribution in [0.5, 0.6) is 28.9 Å². The number of rotatable bonds is 21. The first-order chi connectivity index (χ1) is 38.2. The number of nitrogens with zero attached hydrogens (tertiary/aromatic N) is 7. The van der Waals surface area contributed by atoms with Gasteiger partial charge >= 0.3 is 0 Å². The lowest BCUT2D eigenvalue weighted by molar-refractivity contribution is -0.135. The van der Waals surface area contributed by atoms with Crippen LogP contribution in [0.25, 0.3) is 22.3 Å². The number of Topliss-reactive ketones (excluding diaryl/α,β-unsaturated/α-hetero) is 4. The Morgan fingerprint density at radius 1 is 0.544 bits per heavy atom. The van der Waals surface area contributed by atoms with Gasteiger partial charge in [0.15, 0.2) is 80.1 Å². The predicted molar refractivity (Wildman–Crippen MR) is 281 cm³/mol. The molecule has 2 aliphatic carbocycles. The normalized spacial score (nSPS) is 15.2. The third-order valence-corrected chi connectivity index (χ3v) is 14.3. The molecule has 0 unspecified atom stereocenters. The number of halogens is 5. The zero-order valence-corrected chi connectivity index (χ0v) is 43.2. The van der Waals surface area contributed by atoms with Crippen molar-refractivity contribution < 1.29 is 55.7 Å². The molecule has 3 fully saturated rings. The Morgan fingerprint density at radius 2 is 0.987 bits per heavy atom. The summed E-state index contributed by atoms with van der Waals surface area (Å²) in [5.41, 5.74) is 1.30. The quantitative estimate of drug-likeness (QED) is 0.0376. The summed E-state index contributed by atoms with van der Waals surface area (Å²) in [6, 6.07) is 22.9. The number of aromatic nitrogens is 6. The summed E-state index contributed by atoms with van der Waals surface area (Å²) in [4.78, 5) is 79.6. The Morgan fingerprint density at radius 3 is 1.46 bits per heavy atom. The van der Waals surface area contributed by atoms with Crippen LogP contribution in [0.15, 0.2) is 122 Å². The molecule has 0 radical (unpaired) electrons. The zero-order chi connectivity index (χ0) is 55.1. The summed E-state index contributed by atoms with van der Waals surface area (Å²) in [5.74, 6) is -2.30. The fourth-order valence-electron chi connectivity index (χ4n) is 9.29. The number of morpholine rings is 1. The number of hydrogen-bond acceptors (Lipinski definition) is 15. The van der Waals surface area contributed by atoms with Gasteiger partial charge in [0.05, 0.1) is 43.0 Å².